The molecule has 136 valence electrons. The molecule has 3 aromatic rings. The van der Waals surface area contributed by atoms with Crippen molar-refractivity contribution >= 4 is 10.9 Å². The normalized spacial score (nSPS) is 13.2. The van der Waals surface area contributed by atoms with E-state index in [0.717, 1.165) is 0 Å². The van der Waals surface area contributed by atoms with Gasteiger partial charge in [0.05, 0.1) is 5.52 Å². The van der Waals surface area contributed by atoms with Crippen LogP contribution in [0.2, 0.25) is 0 Å². The van der Waals surface area contributed by atoms with Gasteiger partial charge < -0.3 is 0 Å². The third kappa shape index (κ3) is 2.79. The molecule has 0 aliphatic rings. The van der Waals surface area contributed by atoms with Crippen LogP contribution in [0.1, 0.15) is 5.69 Å². The van der Waals surface area contributed by atoms with Gasteiger partial charge in [-0.1, -0.05) is 48.5 Å². The molecule has 8 heteroatoms. The molecule has 0 N–H and O–H groups in total. The molecule has 0 amide bonds. The predicted molar refractivity (Wildman–Crippen MR) is 82.1 cm³/mol. The van der Waals surface area contributed by atoms with Crippen molar-refractivity contribution in [2.45, 2.75) is 18.0 Å². The van der Waals surface area contributed by atoms with Gasteiger partial charge >= 0.3 is 18.0 Å². The van der Waals surface area contributed by atoms with Crippen LogP contribution in [-0.4, -0.2) is 17.1 Å². The SMILES string of the molecule is FC(F)(F)C(F)(F)C(F)(F)c1cc(-c2ccccc2)c2ccccc2n1. The fraction of sp³-hybridized carbons (Fsp3) is 0.167. The van der Waals surface area contributed by atoms with Crippen LogP contribution in [0.15, 0.2) is 60.7 Å². The van der Waals surface area contributed by atoms with Crippen LogP contribution < -0.4 is 0 Å². The third-order valence-electron chi connectivity index (χ3n) is 3.87. The maximum Gasteiger partial charge on any atom is 0.460 e. The molecule has 0 bridgehead atoms. The zero-order valence-corrected chi connectivity index (χ0v) is 12.9. The summed E-state index contributed by atoms with van der Waals surface area (Å²) >= 11 is 0. The van der Waals surface area contributed by atoms with Gasteiger partial charge in [-0.25, -0.2) is 4.98 Å². The van der Waals surface area contributed by atoms with Gasteiger partial charge in [0.2, 0.25) is 0 Å². The summed E-state index contributed by atoms with van der Waals surface area (Å²) in [5, 5.41) is 0.355. The Hall–Kier alpha value is -2.64. The lowest BCUT2D eigenvalue weighted by Crippen LogP contribution is -2.50. The molecule has 0 aliphatic heterocycles. The number of aromatic nitrogens is 1. The Kier molecular flexibility index (Phi) is 4.17. The van der Waals surface area contributed by atoms with Crippen LogP contribution in [0.5, 0.6) is 0 Å². The molecule has 0 aliphatic carbocycles. The monoisotopic (exact) mass is 373 g/mol. The number of para-hydroxylation sites is 1. The summed E-state index contributed by atoms with van der Waals surface area (Å²) in [6, 6.07) is 14.3. The molecule has 0 atom stereocenters. The number of hydrogen-bond acceptors (Lipinski definition) is 1. The minimum absolute atomic E-state index is 0.0869. The van der Waals surface area contributed by atoms with Crippen molar-refractivity contribution < 1.29 is 30.7 Å². The molecule has 0 unspecified atom stereocenters. The molecule has 0 spiro atoms. The van der Waals surface area contributed by atoms with Crippen molar-refractivity contribution in [2.75, 3.05) is 0 Å². The first-order valence-corrected chi connectivity index (χ1v) is 7.34. The number of fused-ring (bicyclic) bond motifs is 1. The van der Waals surface area contributed by atoms with Gasteiger partial charge in [-0.3, -0.25) is 0 Å². The average molecular weight is 373 g/mol. The van der Waals surface area contributed by atoms with Crippen molar-refractivity contribution in [3.63, 3.8) is 0 Å². The van der Waals surface area contributed by atoms with Gasteiger partial charge in [0.15, 0.2) is 0 Å². The number of alkyl halides is 7. The number of halogens is 7. The zero-order chi connectivity index (χ0) is 19.2. The number of pyridine rings is 1. The summed E-state index contributed by atoms with van der Waals surface area (Å²) in [7, 11) is 0. The van der Waals surface area contributed by atoms with Crippen molar-refractivity contribution in [1.29, 1.82) is 0 Å². The van der Waals surface area contributed by atoms with E-state index in [1.807, 2.05) is 0 Å². The second-order valence-corrected chi connectivity index (χ2v) is 5.58. The van der Waals surface area contributed by atoms with Crippen LogP contribution >= 0.6 is 0 Å². The summed E-state index contributed by atoms with van der Waals surface area (Å²) in [6.07, 6.45) is -6.42. The molecule has 1 aromatic heterocycles. The highest BCUT2D eigenvalue weighted by atomic mass is 19.4. The van der Waals surface area contributed by atoms with Gasteiger partial charge in [-0.2, -0.15) is 30.7 Å². The Labute approximate surface area is 143 Å². The van der Waals surface area contributed by atoms with Gasteiger partial charge in [0.25, 0.3) is 0 Å². The summed E-state index contributed by atoms with van der Waals surface area (Å²) < 4.78 is 92.6. The highest BCUT2D eigenvalue weighted by Crippen LogP contribution is 2.52. The number of nitrogens with zero attached hydrogens (tertiary/aromatic N) is 1. The topological polar surface area (TPSA) is 12.9 Å². The Morgan fingerprint density at radius 3 is 1.88 bits per heavy atom. The lowest BCUT2D eigenvalue weighted by molar-refractivity contribution is -0.360. The van der Waals surface area contributed by atoms with Crippen molar-refractivity contribution in [3.8, 4) is 11.1 Å². The standard InChI is InChI=1S/C18H10F7N/c19-16(20,17(21,22)18(23,24)25)15-10-13(11-6-2-1-3-7-11)12-8-4-5-9-14(12)26-15/h1-10H. The zero-order valence-electron chi connectivity index (χ0n) is 12.9. The summed E-state index contributed by atoms with van der Waals surface area (Å²) in [5.74, 6) is -11.8. The molecule has 0 saturated carbocycles. The van der Waals surface area contributed by atoms with Crippen molar-refractivity contribution in [1.82, 2.24) is 4.98 Å². The van der Waals surface area contributed by atoms with Gasteiger partial charge in [-0.05, 0) is 23.3 Å². The largest absolute Gasteiger partial charge is 0.460 e. The van der Waals surface area contributed by atoms with Crippen LogP contribution in [0.4, 0.5) is 30.7 Å². The lowest BCUT2D eigenvalue weighted by Gasteiger charge is -2.28. The van der Waals surface area contributed by atoms with E-state index in [1.54, 1.807) is 24.3 Å². The minimum atomic E-state index is -6.42. The van der Waals surface area contributed by atoms with Crippen molar-refractivity contribution in [3.05, 3.63) is 66.4 Å². The van der Waals surface area contributed by atoms with Gasteiger partial charge in [-0.15, -0.1) is 0 Å². The highest BCUT2D eigenvalue weighted by Gasteiger charge is 2.74. The fourth-order valence-corrected chi connectivity index (χ4v) is 2.53. The number of rotatable bonds is 3. The van der Waals surface area contributed by atoms with E-state index in [2.05, 4.69) is 4.98 Å². The van der Waals surface area contributed by atoms with Gasteiger partial charge in [0.1, 0.15) is 5.69 Å². The summed E-state index contributed by atoms with van der Waals surface area (Å²) in [6.45, 7) is 0. The van der Waals surface area contributed by atoms with E-state index in [-0.39, 0.29) is 11.1 Å². The molecule has 0 radical (unpaired) electrons. The molecule has 1 nitrogen and oxygen atoms in total. The molecule has 1 heterocycles. The summed E-state index contributed by atoms with van der Waals surface area (Å²) in [5.41, 5.74) is -1.28. The predicted octanol–water partition coefficient (Wildman–Crippen LogP) is 6.19. The molecule has 2 aromatic carbocycles. The van der Waals surface area contributed by atoms with Crippen molar-refractivity contribution in [2.24, 2.45) is 0 Å². The smallest absolute Gasteiger partial charge is 0.246 e. The number of hydrogen-bond donors (Lipinski definition) is 0. The lowest BCUT2D eigenvalue weighted by atomic mass is 9.97. The van der Waals surface area contributed by atoms with Gasteiger partial charge in [0, 0.05) is 5.39 Å². The van der Waals surface area contributed by atoms with E-state index in [9.17, 15) is 30.7 Å². The summed E-state index contributed by atoms with van der Waals surface area (Å²) in [4.78, 5) is 3.38. The first-order valence-electron chi connectivity index (χ1n) is 7.34. The maximum absolute atomic E-state index is 14.1. The van der Waals surface area contributed by atoms with E-state index in [1.165, 1.54) is 30.3 Å². The molecule has 3 rings (SSSR count). The van der Waals surface area contributed by atoms with Crippen LogP contribution in [0, 0.1) is 0 Å². The Morgan fingerprint density at radius 1 is 0.692 bits per heavy atom. The van der Waals surface area contributed by atoms with E-state index < -0.39 is 23.7 Å². The molecule has 0 fully saturated rings. The van der Waals surface area contributed by atoms with E-state index in [4.69, 9.17) is 0 Å². The quantitative estimate of drug-likeness (QED) is 0.499. The van der Waals surface area contributed by atoms with Crippen LogP contribution in [0.25, 0.3) is 22.0 Å². The Balaban J connectivity index is 2.29. The van der Waals surface area contributed by atoms with Crippen LogP contribution in [0.3, 0.4) is 0 Å². The van der Waals surface area contributed by atoms with E-state index in [0.29, 0.717) is 17.0 Å². The minimum Gasteiger partial charge on any atom is -0.246 e. The molecular formula is C18H10F7N. The number of benzene rings is 2. The maximum atomic E-state index is 14.1. The second kappa shape index (κ2) is 5.96. The molecule has 26 heavy (non-hydrogen) atoms. The fourth-order valence-electron chi connectivity index (χ4n) is 2.53. The molecular weight excluding hydrogens is 363 g/mol. The molecule has 0 saturated heterocycles. The highest BCUT2D eigenvalue weighted by molar-refractivity contribution is 5.94. The van der Waals surface area contributed by atoms with Crippen LogP contribution in [-0.2, 0) is 5.92 Å². The third-order valence-corrected chi connectivity index (χ3v) is 3.87. The van der Waals surface area contributed by atoms with E-state index >= 15 is 0 Å². The first kappa shape index (κ1) is 18.2. The Bertz CT molecular complexity index is 933. The average Bonchev–Trinajstić information content (AvgIpc) is 2.60. The second-order valence-electron chi connectivity index (χ2n) is 5.58. The first-order chi connectivity index (χ1) is 12.1. The Morgan fingerprint density at radius 2 is 1.27 bits per heavy atom.